The number of benzene rings is 2. The quantitative estimate of drug-likeness (QED) is 0.542. The zero-order chi connectivity index (χ0) is 22.9. The molecule has 0 saturated carbocycles. The minimum Gasteiger partial charge on any atom is -0.486 e. The van der Waals surface area contributed by atoms with E-state index in [1.165, 1.54) is 0 Å². The lowest BCUT2D eigenvalue weighted by Crippen LogP contribution is -2.38. The van der Waals surface area contributed by atoms with Gasteiger partial charge in [0.25, 0.3) is 5.56 Å². The second kappa shape index (κ2) is 8.48. The molecule has 1 aromatic heterocycles. The van der Waals surface area contributed by atoms with Crippen LogP contribution in [-0.2, 0) is 11.3 Å². The van der Waals surface area contributed by atoms with Gasteiger partial charge in [-0.25, -0.2) is 0 Å². The van der Waals surface area contributed by atoms with Gasteiger partial charge in [-0.15, -0.1) is 0 Å². The minimum absolute atomic E-state index is 0.125. The number of aromatic nitrogens is 2. The van der Waals surface area contributed by atoms with E-state index in [0.29, 0.717) is 41.8 Å². The number of hydrogen-bond acceptors (Lipinski definition) is 7. The Morgan fingerprint density at radius 3 is 2.64 bits per heavy atom. The number of fused-ring (bicyclic) bond motifs is 2. The summed E-state index contributed by atoms with van der Waals surface area (Å²) in [7, 11) is 0. The molecule has 2 aliphatic heterocycles. The van der Waals surface area contributed by atoms with Crippen molar-refractivity contribution in [2.24, 2.45) is 5.92 Å². The van der Waals surface area contributed by atoms with Crippen molar-refractivity contribution in [1.82, 2.24) is 9.97 Å². The number of carbonyl (C=O) groups is 1. The van der Waals surface area contributed by atoms with Crippen LogP contribution >= 0.6 is 11.6 Å². The molecule has 33 heavy (non-hydrogen) atoms. The van der Waals surface area contributed by atoms with E-state index in [2.05, 4.69) is 20.6 Å². The molecule has 2 aromatic carbocycles. The van der Waals surface area contributed by atoms with Crippen molar-refractivity contribution >= 4 is 29.3 Å². The van der Waals surface area contributed by atoms with Crippen molar-refractivity contribution in [2.75, 3.05) is 23.8 Å². The molecule has 0 bridgehead atoms. The number of H-pyrrole nitrogens is 1. The molecule has 9 nitrogen and oxygen atoms in total. The third kappa shape index (κ3) is 3.97. The highest BCUT2D eigenvalue weighted by atomic mass is 35.5. The second-order valence-corrected chi connectivity index (χ2v) is 8.07. The van der Waals surface area contributed by atoms with E-state index < -0.39 is 23.3 Å². The van der Waals surface area contributed by atoms with Gasteiger partial charge in [0.1, 0.15) is 24.9 Å². The van der Waals surface area contributed by atoms with Crippen molar-refractivity contribution in [3.63, 3.8) is 0 Å². The fourth-order valence-electron chi connectivity index (χ4n) is 4.01. The fraction of sp³-hybridized carbons (Fsp3) is 0.217. The Balaban J connectivity index is 1.45. The molecule has 0 fully saturated rings. The van der Waals surface area contributed by atoms with E-state index >= 15 is 0 Å². The van der Waals surface area contributed by atoms with Gasteiger partial charge in [-0.2, -0.15) is 10.2 Å². The highest BCUT2D eigenvalue weighted by molar-refractivity contribution is 6.30. The van der Waals surface area contributed by atoms with Crippen LogP contribution in [0.4, 0.5) is 11.8 Å². The Hall–Kier alpha value is -4.03. The second-order valence-electron chi connectivity index (χ2n) is 7.63. The zero-order valence-corrected chi connectivity index (χ0v) is 18.0. The summed E-state index contributed by atoms with van der Waals surface area (Å²) in [5.41, 5.74) is 1.32. The maximum Gasteiger partial charge on any atom is 0.258 e. The third-order valence-corrected chi connectivity index (χ3v) is 5.81. The summed E-state index contributed by atoms with van der Waals surface area (Å²) in [6.07, 6.45) is 0. The summed E-state index contributed by atoms with van der Waals surface area (Å²) in [5.74, 6) is -0.682. The highest BCUT2D eigenvalue weighted by Crippen LogP contribution is 2.38. The lowest BCUT2D eigenvalue weighted by atomic mass is 9.79. The number of aromatic amines is 1. The Morgan fingerprint density at radius 1 is 1.12 bits per heavy atom. The number of halogens is 1. The van der Waals surface area contributed by atoms with Gasteiger partial charge in [0.05, 0.1) is 11.6 Å². The Labute approximate surface area is 193 Å². The first-order chi connectivity index (χ1) is 16.0. The summed E-state index contributed by atoms with van der Waals surface area (Å²) in [4.78, 5) is 32.8. The van der Waals surface area contributed by atoms with Gasteiger partial charge in [0.2, 0.25) is 11.9 Å². The number of nitriles is 1. The van der Waals surface area contributed by atoms with Gasteiger partial charge in [-0.1, -0.05) is 29.8 Å². The van der Waals surface area contributed by atoms with E-state index in [0.717, 1.165) is 5.56 Å². The van der Waals surface area contributed by atoms with Crippen LogP contribution in [-0.4, -0.2) is 29.1 Å². The van der Waals surface area contributed by atoms with E-state index in [4.69, 9.17) is 21.1 Å². The van der Waals surface area contributed by atoms with Crippen molar-refractivity contribution < 1.29 is 14.3 Å². The van der Waals surface area contributed by atoms with Crippen molar-refractivity contribution in [2.45, 2.75) is 12.5 Å². The van der Waals surface area contributed by atoms with Gasteiger partial charge < -0.3 is 20.1 Å². The molecule has 2 unspecified atom stereocenters. The number of carbonyl (C=O) groups excluding carboxylic acids is 1. The first-order valence-corrected chi connectivity index (χ1v) is 10.6. The minimum atomic E-state index is -1.07. The Kier molecular flexibility index (Phi) is 5.36. The highest BCUT2D eigenvalue weighted by Gasteiger charge is 2.40. The van der Waals surface area contributed by atoms with Crippen LogP contribution in [0.3, 0.4) is 0 Å². The number of amides is 1. The van der Waals surface area contributed by atoms with Crippen molar-refractivity contribution in [3.05, 3.63) is 74.5 Å². The monoisotopic (exact) mass is 463 g/mol. The topological polar surface area (TPSA) is 129 Å². The van der Waals surface area contributed by atoms with Crippen LogP contribution in [0.25, 0.3) is 0 Å². The molecule has 0 radical (unpaired) electrons. The molecule has 5 rings (SSSR count). The summed E-state index contributed by atoms with van der Waals surface area (Å²) >= 11 is 5.98. The summed E-state index contributed by atoms with van der Waals surface area (Å²) in [6, 6.07) is 14.3. The Bertz CT molecular complexity index is 1330. The van der Waals surface area contributed by atoms with Crippen LogP contribution in [0.1, 0.15) is 22.6 Å². The first kappa shape index (κ1) is 20.8. The average molecular weight is 464 g/mol. The summed E-state index contributed by atoms with van der Waals surface area (Å²) in [5, 5.41) is 15.8. The molecule has 10 heteroatoms. The van der Waals surface area contributed by atoms with Gasteiger partial charge in [0, 0.05) is 17.5 Å². The number of anilines is 2. The number of hydrogen-bond donors (Lipinski definition) is 3. The van der Waals surface area contributed by atoms with Gasteiger partial charge >= 0.3 is 0 Å². The van der Waals surface area contributed by atoms with E-state index in [9.17, 15) is 14.9 Å². The van der Waals surface area contributed by atoms with Crippen LogP contribution in [0.2, 0.25) is 5.02 Å². The average Bonchev–Trinajstić information content (AvgIpc) is 2.82. The van der Waals surface area contributed by atoms with Crippen molar-refractivity contribution in [3.8, 4) is 17.6 Å². The van der Waals surface area contributed by atoms with E-state index in [1.54, 1.807) is 24.3 Å². The smallest absolute Gasteiger partial charge is 0.258 e. The van der Waals surface area contributed by atoms with Gasteiger partial charge in [-0.05, 0) is 35.4 Å². The molecule has 0 spiro atoms. The number of rotatable bonds is 4. The van der Waals surface area contributed by atoms with E-state index in [1.807, 2.05) is 24.3 Å². The number of nitrogens with one attached hydrogen (secondary N) is 3. The fourth-order valence-corrected chi connectivity index (χ4v) is 4.13. The molecule has 3 heterocycles. The maximum atomic E-state index is 13.0. The molecule has 1 amide bonds. The SMILES string of the molecule is N#CC1C(=O)Nc2nc(NCc3ccc4c(c3)OCCO4)[nH]c(=O)c2C1c1ccc(Cl)cc1. The molecule has 0 aliphatic carbocycles. The standard InChI is InChI=1S/C23H18ClN5O4/c24-14-4-2-13(3-5-14)18-15(10-25)21(30)27-20-19(18)22(31)29-23(28-20)26-11-12-1-6-16-17(9-12)33-8-7-32-16/h1-6,9,15,18H,7-8,11H2,(H3,26,27,28,29,30,31). The molecule has 2 aliphatic rings. The van der Waals surface area contributed by atoms with Gasteiger partial charge in [-0.3, -0.25) is 14.6 Å². The molecule has 3 aromatic rings. The molecule has 2 atom stereocenters. The number of nitrogens with zero attached hydrogens (tertiary/aromatic N) is 2. The zero-order valence-electron chi connectivity index (χ0n) is 17.2. The lowest BCUT2D eigenvalue weighted by molar-refractivity contribution is -0.119. The third-order valence-electron chi connectivity index (χ3n) is 5.56. The van der Waals surface area contributed by atoms with Gasteiger partial charge in [0.15, 0.2) is 11.5 Å². The summed E-state index contributed by atoms with van der Waals surface area (Å²) < 4.78 is 11.1. The number of ether oxygens (including phenoxy) is 2. The Morgan fingerprint density at radius 2 is 1.88 bits per heavy atom. The maximum absolute atomic E-state index is 13.0. The van der Waals surface area contributed by atoms with Crippen LogP contribution in [0.15, 0.2) is 47.3 Å². The predicted octanol–water partition coefficient (Wildman–Crippen LogP) is 3.03. The van der Waals surface area contributed by atoms with Crippen molar-refractivity contribution in [1.29, 1.82) is 5.26 Å². The van der Waals surface area contributed by atoms with Crippen LogP contribution < -0.4 is 25.7 Å². The van der Waals surface area contributed by atoms with E-state index in [-0.39, 0.29) is 17.3 Å². The van der Waals surface area contributed by atoms with Crippen LogP contribution in [0.5, 0.6) is 11.5 Å². The molecule has 0 saturated heterocycles. The molecule has 3 N–H and O–H groups in total. The molecule has 166 valence electrons. The molecular formula is C23H18ClN5O4. The summed E-state index contributed by atoms with van der Waals surface area (Å²) in [6.45, 7) is 1.36. The lowest BCUT2D eigenvalue weighted by Gasteiger charge is -2.28. The first-order valence-electron chi connectivity index (χ1n) is 10.3. The predicted molar refractivity (Wildman–Crippen MR) is 121 cm³/mol. The van der Waals surface area contributed by atoms with Crippen LogP contribution in [0, 0.1) is 17.2 Å². The largest absolute Gasteiger partial charge is 0.486 e. The normalized spacial score (nSPS) is 18.6. The molecular weight excluding hydrogens is 446 g/mol.